The average Bonchev–Trinajstić information content (AvgIpc) is 2.60. The molecule has 1 aromatic heterocycles. The minimum Gasteiger partial charge on any atom is -0.354 e. The van der Waals surface area contributed by atoms with Crippen LogP contribution in [-0.4, -0.2) is 16.5 Å². The number of aromatic nitrogens is 2. The van der Waals surface area contributed by atoms with E-state index in [0.29, 0.717) is 23.3 Å². The molecule has 0 bridgehead atoms. The summed E-state index contributed by atoms with van der Waals surface area (Å²) in [6.45, 7) is 0.610. The summed E-state index contributed by atoms with van der Waals surface area (Å²) in [5.74, 6) is -0.699. The van der Waals surface area contributed by atoms with Crippen molar-refractivity contribution >= 4 is 29.1 Å². The van der Waals surface area contributed by atoms with Gasteiger partial charge in [-0.2, -0.15) is 4.98 Å². The third kappa shape index (κ3) is 4.64. The van der Waals surface area contributed by atoms with E-state index in [0.717, 1.165) is 12.0 Å². The zero-order chi connectivity index (χ0) is 17.6. The molecule has 3 aromatic rings. The van der Waals surface area contributed by atoms with E-state index in [9.17, 15) is 8.78 Å². The molecule has 0 spiro atoms. The Hall–Kier alpha value is -2.73. The molecule has 0 aliphatic heterocycles. The Morgan fingerprint density at radius 2 is 1.68 bits per heavy atom. The first-order valence-electron chi connectivity index (χ1n) is 7.64. The van der Waals surface area contributed by atoms with Gasteiger partial charge in [0.1, 0.15) is 23.1 Å². The van der Waals surface area contributed by atoms with Crippen molar-refractivity contribution in [3.63, 3.8) is 0 Å². The molecule has 7 heteroatoms. The van der Waals surface area contributed by atoms with Gasteiger partial charge in [-0.15, -0.1) is 0 Å². The van der Waals surface area contributed by atoms with Crippen molar-refractivity contribution in [2.24, 2.45) is 0 Å². The van der Waals surface area contributed by atoms with Gasteiger partial charge in [0.2, 0.25) is 5.95 Å². The van der Waals surface area contributed by atoms with E-state index >= 15 is 0 Å². The Labute approximate surface area is 148 Å². The fourth-order valence-electron chi connectivity index (χ4n) is 2.23. The Kier molecular flexibility index (Phi) is 5.40. The second-order valence-electron chi connectivity index (χ2n) is 5.29. The highest BCUT2D eigenvalue weighted by Crippen LogP contribution is 2.22. The molecule has 0 aliphatic carbocycles. The summed E-state index contributed by atoms with van der Waals surface area (Å²) in [5.41, 5.74) is 0.882. The molecule has 25 heavy (non-hydrogen) atoms. The van der Waals surface area contributed by atoms with Gasteiger partial charge in [0.25, 0.3) is 0 Å². The second-order valence-corrected chi connectivity index (χ2v) is 5.73. The molecule has 0 saturated carbocycles. The fourth-order valence-corrected chi connectivity index (χ4v) is 2.35. The zero-order valence-electron chi connectivity index (χ0n) is 13.1. The number of nitrogens with one attached hydrogen (secondary N) is 2. The molecule has 0 radical (unpaired) electrons. The highest BCUT2D eigenvalue weighted by molar-refractivity contribution is 6.30. The summed E-state index contributed by atoms with van der Waals surface area (Å²) >= 11 is 5.85. The maximum Gasteiger partial charge on any atom is 0.224 e. The van der Waals surface area contributed by atoms with Gasteiger partial charge in [-0.05, 0) is 42.3 Å². The smallest absolute Gasteiger partial charge is 0.224 e. The molecule has 0 amide bonds. The highest BCUT2D eigenvalue weighted by atomic mass is 35.5. The Balaban J connectivity index is 1.62. The number of hydrogen-bond donors (Lipinski definition) is 2. The summed E-state index contributed by atoms with van der Waals surface area (Å²) in [6, 6.07) is 12.8. The lowest BCUT2D eigenvalue weighted by atomic mass is 10.1. The van der Waals surface area contributed by atoms with Gasteiger partial charge in [-0.25, -0.2) is 13.8 Å². The molecule has 0 aliphatic rings. The van der Waals surface area contributed by atoms with E-state index in [1.54, 1.807) is 0 Å². The lowest BCUT2D eigenvalue weighted by Crippen LogP contribution is -2.09. The molecule has 1 heterocycles. The largest absolute Gasteiger partial charge is 0.354 e. The number of rotatable bonds is 6. The quantitative estimate of drug-likeness (QED) is 0.662. The summed E-state index contributed by atoms with van der Waals surface area (Å²) in [7, 11) is 0. The molecule has 0 fully saturated rings. The van der Waals surface area contributed by atoms with E-state index in [1.165, 1.54) is 30.5 Å². The first-order chi connectivity index (χ1) is 12.1. The maximum atomic E-state index is 13.7. The molecule has 0 saturated heterocycles. The number of para-hydroxylation sites is 1. The molecule has 2 aromatic carbocycles. The van der Waals surface area contributed by atoms with Crippen LogP contribution in [0.1, 0.15) is 5.56 Å². The van der Waals surface area contributed by atoms with Crippen LogP contribution in [0.15, 0.2) is 54.7 Å². The van der Waals surface area contributed by atoms with E-state index in [1.807, 2.05) is 24.3 Å². The highest BCUT2D eigenvalue weighted by Gasteiger charge is 2.09. The number of halogens is 3. The molecule has 3 rings (SSSR count). The average molecular weight is 361 g/mol. The van der Waals surface area contributed by atoms with E-state index in [-0.39, 0.29) is 5.69 Å². The minimum absolute atomic E-state index is 0.242. The summed E-state index contributed by atoms with van der Waals surface area (Å²) in [4.78, 5) is 8.31. The van der Waals surface area contributed by atoms with Crippen molar-refractivity contribution in [3.05, 3.63) is 76.9 Å². The lowest BCUT2D eigenvalue weighted by Gasteiger charge is -2.10. The number of nitrogens with zero attached hydrogens (tertiary/aromatic N) is 2. The Morgan fingerprint density at radius 1 is 0.960 bits per heavy atom. The van der Waals surface area contributed by atoms with Crippen molar-refractivity contribution in [3.8, 4) is 0 Å². The van der Waals surface area contributed by atoms with Crippen LogP contribution in [0.4, 0.5) is 26.2 Å². The van der Waals surface area contributed by atoms with Gasteiger partial charge in [0.15, 0.2) is 0 Å². The van der Waals surface area contributed by atoms with Crippen molar-refractivity contribution in [1.82, 2.24) is 9.97 Å². The second kappa shape index (κ2) is 7.90. The number of hydrogen-bond acceptors (Lipinski definition) is 4. The van der Waals surface area contributed by atoms with Crippen LogP contribution in [0.5, 0.6) is 0 Å². The van der Waals surface area contributed by atoms with Gasteiger partial charge in [0.05, 0.1) is 0 Å². The predicted molar refractivity (Wildman–Crippen MR) is 95.3 cm³/mol. The van der Waals surface area contributed by atoms with Crippen LogP contribution < -0.4 is 10.6 Å². The van der Waals surface area contributed by atoms with Crippen LogP contribution in [-0.2, 0) is 6.42 Å². The third-order valence-electron chi connectivity index (χ3n) is 3.48. The fraction of sp³-hybridized carbons (Fsp3) is 0.111. The predicted octanol–water partition coefficient (Wildman–Crippen LogP) is 4.81. The van der Waals surface area contributed by atoms with Crippen molar-refractivity contribution in [1.29, 1.82) is 0 Å². The van der Waals surface area contributed by atoms with Crippen LogP contribution in [0.2, 0.25) is 5.02 Å². The van der Waals surface area contributed by atoms with Crippen LogP contribution >= 0.6 is 11.6 Å². The van der Waals surface area contributed by atoms with E-state index in [4.69, 9.17) is 11.6 Å². The van der Waals surface area contributed by atoms with Crippen molar-refractivity contribution in [2.45, 2.75) is 6.42 Å². The van der Waals surface area contributed by atoms with Crippen molar-refractivity contribution in [2.75, 3.05) is 17.2 Å². The van der Waals surface area contributed by atoms with Gasteiger partial charge in [-0.1, -0.05) is 29.8 Å². The maximum absolute atomic E-state index is 13.7. The molecule has 0 unspecified atom stereocenters. The molecular weight excluding hydrogens is 346 g/mol. The Bertz CT molecular complexity index is 836. The normalized spacial score (nSPS) is 10.5. The topological polar surface area (TPSA) is 49.8 Å². The molecular formula is C18H15ClF2N4. The molecule has 4 nitrogen and oxygen atoms in total. The molecule has 128 valence electrons. The van der Waals surface area contributed by atoms with Crippen LogP contribution in [0, 0.1) is 11.6 Å². The Morgan fingerprint density at radius 3 is 2.40 bits per heavy atom. The third-order valence-corrected chi connectivity index (χ3v) is 3.73. The first-order valence-corrected chi connectivity index (χ1v) is 8.02. The standard InChI is InChI=1S/C18H15ClF2N4/c19-13-6-4-12(5-7-13)8-10-22-18-23-11-9-16(25-18)24-17-14(20)2-1-3-15(17)21/h1-7,9,11H,8,10H2,(H2,22,23,24,25). The van der Waals surface area contributed by atoms with Crippen LogP contribution in [0.3, 0.4) is 0 Å². The zero-order valence-corrected chi connectivity index (χ0v) is 13.9. The first kappa shape index (κ1) is 17.1. The van der Waals surface area contributed by atoms with E-state index < -0.39 is 11.6 Å². The lowest BCUT2D eigenvalue weighted by molar-refractivity contribution is 0.590. The minimum atomic E-state index is -0.684. The van der Waals surface area contributed by atoms with E-state index in [2.05, 4.69) is 20.6 Å². The van der Waals surface area contributed by atoms with Gasteiger partial charge < -0.3 is 10.6 Å². The summed E-state index contributed by atoms with van der Waals surface area (Å²) in [6.07, 6.45) is 2.28. The molecule has 0 atom stereocenters. The van der Waals surface area contributed by atoms with Gasteiger partial charge in [0, 0.05) is 17.8 Å². The number of benzene rings is 2. The van der Waals surface area contributed by atoms with Gasteiger partial charge >= 0.3 is 0 Å². The number of anilines is 3. The van der Waals surface area contributed by atoms with Crippen molar-refractivity contribution < 1.29 is 8.78 Å². The van der Waals surface area contributed by atoms with Gasteiger partial charge in [-0.3, -0.25) is 0 Å². The van der Waals surface area contributed by atoms with Crippen LogP contribution in [0.25, 0.3) is 0 Å². The molecule has 2 N–H and O–H groups in total. The monoisotopic (exact) mass is 360 g/mol. The summed E-state index contributed by atoms with van der Waals surface area (Å²) < 4.78 is 27.4. The SMILES string of the molecule is Fc1cccc(F)c1Nc1ccnc(NCCc2ccc(Cl)cc2)n1. The summed E-state index contributed by atoms with van der Waals surface area (Å²) in [5, 5.41) is 6.41.